The number of rotatable bonds is 5. The Morgan fingerprint density at radius 1 is 1.56 bits per heavy atom. The fourth-order valence-corrected chi connectivity index (χ4v) is 2.03. The molecule has 1 saturated heterocycles. The molecule has 3 N–H and O–H groups in total. The molecule has 1 rings (SSSR count). The van der Waals surface area contributed by atoms with E-state index in [9.17, 15) is 4.79 Å². The predicted molar refractivity (Wildman–Crippen MR) is 66.0 cm³/mol. The van der Waals surface area contributed by atoms with Gasteiger partial charge in [0.1, 0.15) is 0 Å². The highest BCUT2D eigenvalue weighted by molar-refractivity contribution is 5.81. The van der Waals surface area contributed by atoms with Gasteiger partial charge in [0.2, 0.25) is 5.91 Å². The molecule has 4 heteroatoms. The van der Waals surface area contributed by atoms with Crippen molar-refractivity contribution >= 4 is 5.91 Å². The standard InChI is InChI=1S/C12H25N3O/c1-4-15-6-5-10(8-15)7-14-12(16)11(13)9(2)3/h9-11H,4-8,13H2,1-3H3,(H,14,16)/t10?,11-/m1/s1. The number of nitrogens with one attached hydrogen (secondary N) is 1. The van der Waals surface area contributed by atoms with Crippen molar-refractivity contribution in [2.24, 2.45) is 17.6 Å². The zero-order valence-electron chi connectivity index (χ0n) is 10.7. The van der Waals surface area contributed by atoms with Gasteiger partial charge in [-0.05, 0) is 31.3 Å². The molecule has 1 aliphatic rings. The highest BCUT2D eigenvalue weighted by Gasteiger charge is 2.23. The molecule has 0 aromatic carbocycles. The summed E-state index contributed by atoms with van der Waals surface area (Å²) in [5, 5.41) is 2.96. The number of amides is 1. The normalized spacial score (nSPS) is 23.7. The summed E-state index contributed by atoms with van der Waals surface area (Å²) in [4.78, 5) is 14.1. The maximum absolute atomic E-state index is 11.6. The van der Waals surface area contributed by atoms with Crippen molar-refractivity contribution < 1.29 is 4.79 Å². The first-order chi connectivity index (χ1) is 7.54. The summed E-state index contributed by atoms with van der Waals surface area (Å²) in [5.74, 6) is 0.795. The predicted octanol–water partition coefficient (Wildman–Crippen LogP) is 0.428. The number of hydrogen-bond acceptors (Lipinski definition) is 3. The average Bonchev–Trinajstić information content (AvgIpc) is 2.72. The Labute approximate surface area is 98.6 Å². The van der Waals surface area contributed by atoms with E-state index in [2.05, 4.69) is 17.1 Å². The summed E-state index contributed by atoms with van der Waals surface area (Å²) in [5.41, 5.74) is 5.78. The molecule has 0 radical (unpaired) electrons. The lowest BCUT2D eigenvalue weighted by Crippen LogP contribution is -2.45. The molecule has 1 fully saturated rings. The van der Waals surface area contributed by atoms with Crippen molar-refractivity contribution in [3.05, 3.63) is 0 Å². The van der Waals surface area contributed by atoms with Crippen LogP contribution in [0.5, 0.6) is 0 Å². The molecule has 0 aromatic heterocycles. The van der Waals surface area contributed by atoms with Crippen molar-refractivity contribution in [2.45, 2.75) is 33.2 Å². The van der Waals surface area contributed by atoms with Crippen molar-refractivity contribution in [3.63, 3.8) is 0 Å². The average molecular weight is 227 g/mol. The van der Waals surface area contributed by atoms with Crippen LogP contribution >= 0.6 is 0 Å². The first kappa shape index (κ1) is 13.5. The molecule has 0 aliphatic carbocycles. The van der Waals surface area contributed by atoms with Gasteiger partial charge in [-0.1, -0.05) is 20.8 Å². The quantitative estimate of drug-likeness (QED) is 0.716. The highest BCUT2D eigenvalue weighted by atomic mass is 16.2. The third kappa shape index (κ3) is 3.76. The maximum atomic E-state index is 11.6. The van der Waals surface area contributed by atoms with E-state index in [1.54, 1.807) is 0 Å². The van der Waals surface area contributed by atoms with Crippen molar-refractivity contribution in [1.82, 2.24) is 10.2 Å². The van der Waals surface area contributed by atoms with Crippen LogP contribution in [0.4, 0.5) is 0 Å². The van der Waals surface area contributed by atoms with Gasteiger partial charge < -0.3 is 16.0 Å². The molecule has 0 aromatic rings. The molecule has 2 atom stereocenters. The number of nitrogens with zero attached hydrogens (tertiary/aromatic N) is 1. The van der Waals surface area contributed by atoms with E-state index in [4.69, 9.17) is 5.73 Å². The third-order valence-electron chi connectivity index (χ3n) is 3.40. The van der Waals surface area contributed by atoms with Crippen LogP contribution in [0.1, 0.15) is 27.2 Å². The van der Waals surface area contributed by atoms with Gasteiger partial charge in [0.05, 0.1) is 6.04 Å². The van der Waals surface area contributed by atoms with E-state index in [1.807, 2.05) is 13.8 Å². The van der Waals surface area contributed by atoms with Crippen LogP contribution in [-0.2, 0) is 4.79 Å². The summed E-state index contributed by atoms with van der Waals surface area (Å²) in [7, 11) is 0. The van der Waals surface area contributed by atoms with Gasteiger partial charge in [-0.2, -0.15) is 0 Å². The molecule has 16 heavy (non-hydrogen) atoms. The number of hydrogen-bond donors (Lipinski definition) is 2. The van der Waals surface area contributed by atoms with Crippen LogP contribution in [-0.4, -0.2) is 43.0 Å². The lowest BCUT2D eigenvalue weighted by Gasteiger charge is -2.18. The fraction of sp³-hybridized carbons (Fsp3) is 0.917. The second-order valence-electron chi connectivity index (χ2n) is 5.06. The zero-order chi connectivity index (χ0) is 12.1. The summed E-state index contributed by atoms with van der Waals surface area (Å²) in [6.45, 7) is 10.3. The first-order valence-corrected chi connectivity index (χ1v) is 6.30. The van der Waals surface area contributed by atoms with Crippen LogP contribution in [0.25, 0.3) is 0 Å². The lowest BCUT2D eigenvalue weighted by molar-refractivity contribution is -0.123. The number of carbonyl (C=O) groups is 1. The summed E-state index contributed by atoms with van der Waals surface area (Å²) >= 11 is 0. The highest BCUT2D eigenvalue weighted by Crippen LogP contribution is 2.14. The zero-order valence-corrected chi connectivity index (χ0v) is 10.7. The minimum atomic E-state index is -0.372. The van der Waals surface area contributed by atoms with Gasteiger partial charge in [0, 0.05) is 13.1 Å². The van der Waals surface area contributed by atoms with Gasteiger partial charge in [0.15, 0.2) is 0 Å². The van der Waals surface area contributed by atoms with Crippen LogP contribution in [0.2, 0.25) is 0 Å². The first-order valence-electron chi connectivity index (χ1n) is 6.30. The van der Waals surface area contributed by atoms with Gasteiger partial charge in [0.25, 0.3) is 0 Å². The van der Waals surface area contributed by atoms with Crippen molar-refractivity contribution in [2.75, 3.05) is 26.2 Å². The van der Waals surface area contributed by atoms with Gasteiger partial charge in [-0.25, -0.2) is 0 Å². The molecule has 94 valence electrons. The Kier molecular flexibility index (Phi) is 5.22. The van der Waals surface area contributed by atoms with E-state index in [0.717, 1.165) is 26.2 Å². The summed E-state index contributed by atoms with van der Waals surface area (Å²) in [6, 6.07) is -0.372. The number of carbonyl (C=O) groups excluding carboxylic acids is 1. The number of nitrogens with two attached hydrogens (primary N) is 1. The largest absolute Gasteiger partial charge is 0.354 e. The Bertz CT molecular complexity index is 230. The molecular formula is C12H25N3O. The molecule has 1 heterocycles. The fourth-order valence-electron chi connectivity index (χ4n) is 2.03. The second kappa shape index (κ2) is 6.21. The van der Waals surface area contributed by atoms with E-state index in [0.29, 0.717) is 5.92 Å². The van der Waals surface area contributed by atoms with E-state index in [1.165, 1.54) is 6.42 Å². The van der Waals surface area contributed by atoms with Gasteiger partial charge in [-0.3, -0.25) is 4.79 Å². The smallest absolute Gasteiger partial charge is 0.237 e. The molecule has 1 unspecified atom stereocenters. The number of likely N-dealkylation sites (tertiary alicyclic amines) is 1. The lowest BCUT2D eigenvalue weighted by atomic mass is 10.0. The summed E-state index contributed by atoms with van der Waals surface area (Å²) in [6.07, 6.45) is 1.19. The van der Waals surface area contributed by atoms with Crippen LogP contribution < -0.4 is 11.1 Å². The summed E-state index contributed by atoms with van der Waals surface area (Å²) < 4.78 is 0. The van der Waals surface area contributed by atoms with E-state index >= 15 is 0 Å². The maximum Gasteiger partial charge on any atom is 0.237 e. The molecule has 1 aliphatic heterocycles. The molecule has 0 saturated carbocycles. The van der Waals surface area contributed by atoms with E-state index < -0.39 is 0 Å². The molecule has 4 nitrogen and oxygen atoms in total. The molecular weight excluding hydrogens is 202 g/mol. The van der Waals surface area contributed by atoms with Crippen molar-refractivity contribution in [3.8, 4) is 0 Å². The monoisotopic (exact) mass is 227 g/mol. The topological polar surface area (TPSA) is 58.4 Å². The van der Waals surface area contributed by atoms with Crippen LogP contribution in [0.3, 0.4) is 0 Å². The van der Waals surface area contributed by atoms with Crippen LogP contribution in [0, 0.1) is 11.8 Å². The van der Waals surface area contributed by atoms with E-state index in [-0.39, 0.29) is 17.9 Å². The SMILES string of the molecule is CCN1CCC(CNC(=O)[C@H](N)C(C)C)C1. The Balaban J connectivity index is 2.22. The minimum Gasteiger partial charge on any atom is -0.354 e. The molecule has 0 bridgehead atoms. The second-order valence-corrected chi connectivity index (χ2v) is 5.06. The van der Waals surface area contributed by atoms with Crippen molar-refractivity contribution in [1.29, 1.82) is 0 Å². The van der Waals surface area contributed by atoms with Crippen LogP contribution in [0.15, 0.2) is 0 Å². The Morgan fingerprint density at radius 3 is 2.75 bits per heavy atom. The Hall–Kier alpha value is -0.610. The van der Waals surface area contributed by atoms with Gasteiger partial charge >= 0.3 is 0 Å². The molecule has 1 amide bonds. The third-order valence-corrected chi connectivity index (χ3v) is 3.40. The molecule has 0 spiro atoms. The van der Waals surface area contributed by atoms with Gasteiger partial charge in [-0.15, -0.1) is 0 Å². The Morgan fingerprint density at radius 2 is 2.25 bits per heavy atom. The minimum absolute atomic E-state index is 0.00931.